The Labute approximate surface area is 147 Å². The lowest BCUT2D eigenvalue weighted by molar-refractivity contribution is -0.121. The minimum Gasteiger partial charge on any atom is -0.490 e. The van der Waals surface area contributed by atoms with Gasteiger partial charge in [-0.3, -0.25) is 4.79 Å². The fraction of sp³-hybridized carbons (Fsp3) is 0.562. The number of nitrogens with one attached hydrogen (secondary N) is 2. The van der Waals surface area contributed by atoms with E-state index in [4.69, 9.17) is 9.47 Å². The standard InChI is InChI=1S/C16H22N2O3S.ClH/c19-16(9-13-11-22-7-4-17-13)18-10-12-2-3-14-15(8-12)21-6-1-5-20-14;/h2-3,8,13,17H,1,4-7,9-11H2,(H,18,19);1H. The first kappa shape index (κ1) is 18.2. The van der Waals surface area contributed by atoms with Gasteiger partial charge in [-0.05, 0) is 17.7 Å². The summed E-state index contributed by atoms with van der Waals surface area (Å²) < 4.78 is 11.3. The van der Waals surface area contributed by atoms with Gasteiger partial charge >= 0.3 is 0 Å². The molecule has 1 fully saturated rings. The fourth-order valence-electron chi connectivity index (χ4n) is 2.57. The van der Waals surface area contributed by atoms with Crippen molar-refractivity contribution in [3.05, 3.63) is 23.8 Å². The van der Waals surface area contributed by atoms with E-state index in [0.717, 1.165) is 41.5 Å². The summed E-state index contributed by atoms with van der Waals surface area (Å²) in [7, 11) is 0. The predicted octanol–water partition coefficient (Wildman–Crippen LogP) is 1.98. The topological polar surface area (TPSA) is 59.6 Å². The first-order valence-corrected chi connectivity index (χ1v) is 8.93. The smallest absolute Gasteiger partial charge is 0.221 e. The predicted molar refractivity (Wildman–Crippen MR) is 94.9 cm³/mol. The zero-order valence-electron chi connectivity index (χ0n) is 13.0. The van der Waals surface area contributed by atoms with E-state index in [9.17, 15) is 4.79 Å². The van der Waals surface area contributed by atoms with Gasteiger partial charge in [0.2, 0.25) is 5.91 Å². The van der Waals surface area contributed by atoms with Crippen molar-refractivity contribution in [2.45, 2.75) is 25.4 Å². The Bertz CT molecular complexity index is 524. The molecule has 7 heteroatoms. The second-order valence-electron chi connectivity index (χ2n) is 5.54. The molecule has 1 aromatic rings. The molecule has 1 saturated heterocycles. The Balaban J connectivity index is 0.00000192. The van der Waals surface area contributed by atoms with E-state index in [1.165, 1.54) is 0 Å². The van der Waals surface area contributed by atoms with Crippen molar-refractivity contribution in [1.82, 2.24) is 10.6 Å². The summed E-state index contributed by atoms with van der Waals surface area (Å²) in [6.45, 7) is 2.88. The summed E-state index contributed by atoms with van der Waals surface area (Å²) in [4.78, 5) is 12.0. The normalized spacial score (nSPS) is 20.1. The molecule has 0 bridgehead atoms. The summed E-state index contributed by atoms with van der Waals surface area (Å²) in [5, 5.41) is 6.36. The molecular formula is C16H23ClN2O3S. The minimum atomic E-state index is 0. The largest absolute Gasteiger partial charge is 0.490 e. The molecule has 0 radical (unpaired) electrons. The molecule has 1 aromatic carbocycles. The molecule has 1 unspecified atom stereocenters. The fourth-order valence-corrected chi connectivity index (χ4v) is 3.51. The van der Waals surface area contributed by atoms with Crippen LogP contribution in [0, 0.1) is 0 Å². The average Bonchev–Trinajstić information content (AvgIpc) is 2.78. The van der Waals surface area contributed by atoms with Crippen molar-refractivity contribution < 1.29 is 14.3 Å². The van der Waals surface area contributed by atoms with E-state index in [-0.39, 0.29) is 18.3 Å². The van der Waals surface area contributed by atoms with E-state index >= 15 is 0 Å². The molecule has 0 aromatic heterocycles. The molecule has 128 valence electrons. The van der Waals surface area contributed by atoms with Gasteiger partial charge in [0.1, 0.15) is 0 Å². The highest BCUT2D eigenvalue weighted by atomic mass is 35.5. The van der Waals surface area contributed by atoms with Gasteiger partial charge in [-0.2, -0.15) is 11.8 Å². The summed E-state index contributed by atoms with van der Waals surface area (Å²) in [5.41, 5.74) is 1.03. The molecule has 5 nitrogen and oxygen atoms in total. The lowest BCUT2D eigenvalue weighted by Gasteiger charge is -2.22. The first-order valence-electron chi connectivity index (χ1n) is 7.77. The van der Waals surface area contributed by atoms with E-state index in [2.05, 4.69) is 10.6 Å². The molecule has 0 spiro atoms. The number of amides is 1. The van der Waals surface area contributed by atoms with Crippen LogP contribution < -0.4 is 20.1 Å². The second-order valence-corrected chi connectivity index (χ2v) is 6.69. The molecule has 1 atom stereocenters. The van der Waals surface area contributed by atoms with Gasteiger partial charge in [0.05, 0.1) is 13.2 Å². The van der Waals surface area contributed by atoms with E-state index in [0.29, 0.717) is 32.2 Å². The van der Waals surface area contributed by atoms with Crippen LogP contribution in [-0.4, -0.2) is 43.2 Å². The Morgan fingerprint density at radius 2 is 2.13 bits per heavy atom. The van der Waals surface area contributed by atoms with Crippen molar-refractivity contribution in [2.24, 2.45) is 0 Å². The number of hydrogen-bond acceptors (Lipinski definition) is 5. The van der Waals surface area contributed by atoms with Crippen molar-refractivity contribution in [3.63, 3.8) is 0 Å². The molecule has 0 aliphatic carbocycles. The Morgan fingerprint density at radius 1 is 1.30 bits per heavy atom. The average molecular weight is 359 g/mol. The van der Waals surface area contributed by atoms with Crippen LogP contribution in [0.3, 0.4) is 0 Å². The monoisotopic (exact) mass is 358 g/mol. The molecular weight excluding hydrogens is 336 g/mol. The lowest BCUT2D eigenvalue weighted by Crippen LogP contribution is -2.41. The van der Waals surface area contributed by atoms with Gasteiger partial charge in [-0.25, -0.2) is 0 Å². The molecule has 1 amide bonds. The Hall–Kier alpha value is -1.11. The van der Waals surface area contributed by atoms with Gasteiger partial charge in [0.25, 0.3) is 0 Å². The van der Waals surface area contributed by atoms with Crippen LogP contribution in [0.2, 0.25) is 0 Å². The molecule has 2 N–H and O–H groups in total. The summed E-state index contributed by atoms with van der Waals surface area (Å²) in [5.74, 6) is 3.80. The lowest BCUT2D eigenvalue weighted by atomic mass is 10.2. The third-order valence-electron chi connectivity index (χ3n) is 3.73. The maximum absolute atomic E-state index is 12.0. The molecule has 3 rings (SSSR count). The second kappa shape index (κ2) is 9.25. The van der Waals surface area contributed by atoms with Crippen molar-refractivity contribution in [1.29, 1.82) is 0 Å². The Morgan fingerprint density at radius 3 is 2.91 bits per heavy atom. The number of benzene rings is 1. The summed E-state index contributed by atoms with van der Waals surface area (Å²) in [6.07, 6.45) is 1.44. The van der Waals surface area contributed by atoms with Crippen LogP contribution in [0.25, 0.3) is 0 Å². The maximum atomic E-state index is 12.0. The van der Waals surface area contributed by atoms with E-state index in [1.807, 2.05) is 30.0 Å². The quantitative estimate of drug-likeness (QED) is 0.862. The first-order chi connectivity index (χ1) is 10.8. The number of fused-ring (bicyclic) bond motifs is 1. The number of carbonyl (C=O) groups excluding carboxylic acids is 1. The van der Waals surface area contributed by atoms with Gasteiger partial charge < -0.3 is 20.1 Å². The number of carbonyl (C=O) groups is 1. The number of ether oxygens (including phenoxy) is 2. The molecule has 2 aliphatic heterocycles. The summed E-state index contributed by atoms with van der Waals surface area (Å²) >= 11 is 1.90. The highest BCUT2D eigenvalue weighted by molar-refractivity contribution is 7.99. The van der Waals surface area contributed by atoms with Gasteiger partial charge in [0.15, 0.2) is 11.5 Å². The highest BCUT2D eigenvalue weighted by Gasteiger charge is 2.16. The highest BCUT2D eigenvalue weighted by Crippen LogP contribution is 2.30. The third-order valence-corrected chi connectivity index (χ3v) is 4.86. The zero-order chi connectivity index (χ0) is 15.2. The molecule has 0 saturated carbocycles. The zero-order valence-corrected chi connectivity index (χ0v) is 14.6. The van der Waals surface area contributed by atoms with Gasteiger partial charge in [0, 0.05) is 43.5 Å². The molecule has 2 aliphatic rings. The molecule has 2 heterocycles. The van der Waals surface area contributed by atoms with Gasteiger partial charge in [-0.15, -0.1) is 12.4 Å². The maximum Gasteiger partial charge on any atom is 0.221 e. The Kier molecular flexibility index (Phi) is 7.33. The number of rotatable bonds is 4. The van der Waals surface area contributed by atoms with Crippen LogP contribution >= 0.6 is 24.2 Å². The van der Waals surface area contributed by atoms with E-state index < -0.39 is 0 Å². The van der Waals surface area contributed by atoms with Crippen LogP contribution in [0.15, 0.2) is 18.2 Å². The van der Waals surface area contributed by atoms with Crippen LogP contribution in [-0.2, 0) is 11.3 Å². The number of hydrogen-bond donors (Lipinski definition) is 2. The third kappa shape index (κ3) is 5.48. The molecule has 23 heavy (non-hydrogen) atoms. The van der Waals surface area contributed by atoms with Crippen molar-refractivity contribution in [2.75, 3.05) is 31.3 Å². The minimum absolute atomic E-state index is 0. The number of halogens is 1. The number of thioether (sulfide) groups is 1. The van der Waals surface area contributed by atoms with E-state index in [1.54, 1.807) is 0 Å². The van der Waals surface area contributed by atoms with Gasteiger partial charge in [-0.1, -0.05) is 6.07 Å². The van der Waals surface area contributed by atoms with Crippen LogP contribution in [0.1, 0.15) is 18.4 Å². The van der Waals surface area contributed by atoms with Crippen LogP contribution in [0.4, 0.5) is 0 Å². The van der Waals surface area contributed by atoms with Crippen molar-refractivity contribution >= 4 is 30.1 Å². The van der Waals surface area contributed by atoms with Crippen LogP contribution in [0.5, 0.6) is 11.5 Å². The SMILES string of the molecule is Cl.O=C(CC1CSCCN1)NCc1ccc2c(c1)OCCCO2. The van der Waals surface area contributed by atoms with Crippen molar-refractivity contribution in [3.8, 4) is 11.5 Å². The summed E-state index contributed by atoms with van der Waals surface area (Å²) in [6, 6.07) is 6.14.